The van der Waals surface area contributed by atoms with Crippen molar-refractivity contribution in [3.63, 3.8) is 0 Å². The average Bonchev–Trinajstić information content (AvgIpc) is 2.38. The predicted molar refractivity (Wildman–Crippen MR) is 68.9 cm³/mol. The highest BCUT2D eigenvalue weighted by Gasteiger charge is 2.27. The van der Waals surface area contributed by atoms with Crippen LogP contribution in [0.3, 0.4) is 0 Å². The van der Waals surface area contributed by atoms with Crippen molar-refractivity contribution in [2.24, 2.45) is 0 Å². The number of benzene rings is 1. The summed E-state index contributed by atoms with van der Waals surface area (Å²) in [4.78, 5) is 12.0. The summed E-state index contributed by atoms with van der Waals surface area (Å²) in [5.41, 5.74) is 0. The first-order valence-electron chi connectivity index (χ1n) is 6.39. The van der Waals surface area contributed by atoms with Gasteiger partial charge >= 0.3 is 0 Å². The lowest BCUT2D eigenvalue weighted by Gasteiger charge is -2.26. The van der Waals surface area contributed by atoms with E-state index in [1.807, 2.05) is 31.2 Å². The molecule has 0 aliphatic carbocycles. The van der Waals surface area contributed by atoms with E-state index in [9.17, 15) is 4.79 Å². The Balaban J connectivity index is 1.94. The van der Waals surface area contributed by atoms with Crippen molar-refractivity contribution < 1.29 is 14.3 Å². The standard InChI is InChI=1S/C14H19NO3/c1-3-6-10(2)15-14(16)13-9-17-11-7-4-5-8-12(11)18-13/h4-5,7-8,10,13H,3,6,9H2,1-2H3,(H,15,16)/t10-,13-/m1/s1. The molecule has 1 aromatic carbocycles. The Kier molecular flexibility index (Phi) is 4.07. The van der Waals surface area contributed by atoms with Gasteiger partial charge in [-0.2, -0.15) is 0 Å². The third-order valence-corrected chi connectivity index (χ3v) is 2.91. The van der Waals surface area contributed by atoms with Crippen LogP contribution in [0.5, 0.6) is 11.5 Å². The maximum atomic E-state index is 12.0. The molecule has 1 heterocycles. The molecule has 1 amide bonds. The van der Waals surface area contributed by atoms with Gasteiger partial charge in [0.15, 0.2) is 11.5 Å². The minimum absolute atomic E-state index is 0.106. The molecule has 18 heavy (non-hydrogen) atoms. The highest BCUT2D eigenvalue weighted by atomic mass is 16.6. The minimum Gasteiger partial charge on any atom is -0.485 e. The van der Waals surface area contributed by atoms with Crippen LogP contribution in [0.15, 0.2) is 24.3 Å². The Morgan fingerprint density at radius 2 is 2.17 bits per heavy atom. The largest absolute Gasteiger partial charge is 0.485 e. The third kappa shape index (κ3) is 2.94. The molecule has 98 valence electrons. The second kappa shape index (κ2) is 5.76. The molecule has 2 rings (SSSR count). The number of fused-ring (bicyclic) bond motifs is 1. The summed E-state index contributed by atoms with van der Waals surface area (Å²) in [7, 11) is 0. The van der Waals surface area contributed by atoms with E-state index >= 15 is 0 Å². The van der Waals surface area contributed by atoms with Crippen molar-refractivity contribution >= 4 is 5.91 Å². The van der Waals surface area contributed by atoms with E-state index in [1.165, 1.54) is 0 Å². The quantitative estimate of drug-likeness (QED) is 0.889. The maximum absolute atomic E-state index is 12.0. The Bertz CT molecular complexity index is 419. The first-order valence-corrected chi connectivity index (χ1v) is 6.39. The monoisotopic (exact) mass is 249 g/mol. The first-order chi connectivity index (χ1) is 8.70. The van der Waals surface area contributed by atoms with Gasteiger partial charge < -0.3 is 14.8 Å². The van der Waals surface area contributed by atoms with E-state index in [1.54, 1.807) is 0 Å². The molecule has 1 aliphatic heterocycles. The molecule has 0 spiro atoms. The second-order valence-electron chi connectivity index (χ2n) is 4.56. The molecule has 0 saturated carbocycles. The van der Waals surface area contributed by atoms with E-state index in [0.717, 1.165) is 12.8 Å². The van der Waals surface area contributed by atoms with Crippen LogP contribution in [-0.4, -0.2) is 24.7 Å². The topological polar surface area (TPSA) is 47.6 Å². The van der Waals surface area contributed by atoms with Crippen LogP contribution in [-0.2, 0) is 4.79 Å². The molecule has 2 atom stereocenters. The van der Waals surface area contributed by atoms with Crippen molar-refractivity contribution in [1.82, 2.24) is 5.32 Å². The highest BCUT2D eigenvalue weighted by molar-refractivity contribution is 5.82. The van der Waals surface area contributed by atoms with E-state index in [4.69, 9.17) is 9.47 Å². The molecule has 1 aliphatic rings. The number of hydrogen-bond donors (Lipinski definition) is 1. The van der Waals surface area contributed by atoms with Crippen molar-refractivity contribution in [2.75, 3.05) is 6.61 Å². The van der Waals surface area contributed by atoms with Crippen molar-refractivity contribution in [3.05, 3.63) is 24.3 Å². The molecular weight excluding hydrogens is 230 g/mol. The zero-order valence-electron chi connectivity index (χ0n) is 10.8. The van der Waals surface area contributed by atoms with Crippen molar-refractivity contribution in [2.45, 2.75) is 38.8 Å². The number of nitrogens with one attached hydrogen (secondary N) is 1. The number of ether oxygens (including phenoxy) is 2. The normalized spacial score (nSPS) is 19.1. The summed E-state index contributed by atoms with van der Waals surface area (Å²) < 4.78 is 11.1. The predicted octanol–water partition coefficient (Wildman–Crippen LogP) is 2.13. The van der Waals surface area contributed by atoms with Crippen LogP contribution in [0.4, 0.5) is 0 Å². The van der Waals surface area contributed by atoms with Gasteiger partial charge in [-0.1, -0.05) is 25.5 Å². The van der Waals surface area contributed by atoms with Gasteiger partial charge in [0.2, 0.25) is 6.10 Å². The zero-order chi connectivity index (χ0) is 13.0. The van der Waals surface area contributed by atoms with E-state index < -0.39 is 6.10 Å². The number of para-hydroxylation sites is 2. The maximum Gasteiger partial charge on any atom is 0.264 e. The van der Waals surface area contributed by atoms with E-state index in [0.29, 0.717) is 11.5 Å². The number of rotatable bonds is 4. The zero-order valence-corrected chi connectivity index (χ0v) is 10.8. The van der Waals surface area contributed by atoms with Gasteiger partial charge in [-0.15, -0.1) is 0 Å². The summed E-state index contributed by atoms with van der Waals surface area (Å²) in [5.74, 6) is 1.22. The molecule has 0 unspecified atom stereocenters. The summed E-state index contributed by atoms with van der Waals surface area (Å²) in [6.07, 6.45) is 1.46. The van der Waals surface area contributed by atoms with E-state index in [-0.39, 0.29) is 18.6 Å². The molecule has 0 aromatic heterocycles. The van der Waals surface area contributed by atoms with Crippen molar-refractivity contribution in [1.29, 1.82) is 0 Å². The lowest BCUT2D eigenvalue weighted by atomic mass is 10.2. The van der Waals surface area contributed by atoms with Gasteiger partial charge in [0.05, 0.1) is 0 Å². The molecule has 0 radical (unpaired) electrons. The first kappa shape index (κ1) is 12.7. The van der Waals surface area contributed by atoms with Gasteiger partial charge in [0.25, 0.3) is 5.91 Å². The molecule has 1 N–H and O–H groups in total. The Hall–Kier alpha value is -1.71. The van der Waals surface area contributed by atoms with Gasteiger partial charge in [0.1, 0.15) is 6.61 Å². The van der Waals surface area contributed by atoms with Crippen LogP contribution in [0.2, 0.25) is 0 Å². The fraction of sp³-hybridized carbons (Fsp3) is 0.500. The summed E-state index contributed by atoms with van der Waals surface area (Å²) in [6, 6.07) is 7.56. The van der Waals surface area contributed by atoms with Crippen LogP contribution in [0.1, 0.15) is 26.7 Å². The Labute approximate surface area is 107 Å². The SMILES string of the molecule is CCC[C@@H](C)NC(=O)[C@H]1COc2ccccc2O1. The van der Waals surface area contributed by atoms with Crippen LogP contribution in [0.25, 0.3) is 0 Å². The Morgan fingerprint density at radius 3 is 2.89 bits per heavy atom. The number of amides is 1. The van der Waals surface area contributed by atoms with Gasteiger partial charge in [-0.25, -0.2) is 0 Å². The van der Waals surface area contributed by atoms with Gasteiger partial charge in [0, 0.05) is 6.04 Å². The van der Waals surface area contributed by atoms with Crippen LogP contribution >= 0.6 is 0 Å². The lowest BCUT2D eigenvalue weighted by molar-refractivity contribution is -0.131. The Morgan fingerprint density at radius 1 is 1.44 bits per heavy atom. The number of carbonyl (C=O) groups excluding carboxylic acids is 1. The van der Waals surface area contributed by atoms with Crippen LogP contribution in [0, 0.1) is 0 Å². The van der Waals surface area contributed by atoms with Gasteiger partial charge in [-0.05, 0) is 25.5 Å². The summed E-state index contributed by atoms with van der Waals surface area (Å²) in [5, 5.41) is 2.94. The molecule has 0 saturated heterocycles. The number of carbonyl (C=O) groups is 1. The van der Waals surface area contributed by atoms with E-state index in [2.05, 4.69) is 12.2 Å². The molecule has 0 bridgehead atoms. The number of hydrogen-bond acceptors (Lipinski definition) is 3. The molecular formula is C14H19NO3. The van der Waals surface area contributed by atoms with Crippen molar-refractivity contribution in [3.8, 4) is 11.5 Å². The minimum atomic E-state index is -0.556. The fourth-order valence-electron chi connectivity index (χ4n) is 1.99. The van der Waals surface area contributed by atoms with Crippen LogP contribution < -0.4 is 14.8 Å². The highest BCUT2D eigenvalue weighted by Crippen LogP contribution is 2.30. The van der Waals surface area contributed by atoms with Gasteiger partial charge in [-0.3, -0.25) is 4.79 Å². The fourth-order valence-corrected chi connectivity index (χ4v) is 1.99. The molecule has 0 fully saturated rings. The smallest absolute Gasteiger partial charge is 0.264 e. The molecule has 4 heteroatoms. The average molecular weight is 249 g/mol. The summed E-state index contributed by atoms with van der Waals surface area (Å²) >= 11 is 0. The lowest BCUT2D eigenvalue weighted by Crippen LogP contribution is -2.46. The molecule has 1 aromatic rings. The third-order valence-electron chi connectivity index (χ3n) is 2.91. The second-order valence-corrected chi connectivity index (χ2v) is 4.56. The molecule has 4 nitrogen and oxygen atoms in total. The summed E-state index contributed by atoms with van der Waals surface area (Å²) in [6.45, 7) is 4.36.